The van der Waals surface area contributed by atoms with Gasteiger partial charge in [0.25, 0.3) is 5.91 Å². The van der Waals surface area contributed by atoms with E-state index >= 15 is 0 Å². The zero-order valence-corrected chi connectivity index (χ0v) is 17.3. The lowest BCUT2D eigenvalue weighted by molar-refractivity contribution is -0.179. The molecule has 0 unspecified atom stereocenters. The SMILES string of the molecule is CC#CCN1C(=O)c2ccccc2Sc2cc(NC(=O)C34CC(C#N)(C3)C4)ccc21. The molecule has 0 spiro atoms. The van der Waals surface area contributed by atoms with Crippen molar-refractivity contribution in [2.24, 2.45) is 10.8 Å². The van der Waals surface area contributed by atoms with Gasteiger partial charge in [-0.25, -0.2) is 0 Å². The van der Waals surface area contributed by atoms with Crippen LogP contribution in [0.3, 0.4) is 0 Å². The van der Waals surface area contributed by atoms with Gasteiger partial charge in [-0.3, -0.25) is 14.5 Å². The van der Waals surface area contributed by atoms with Crippen molar-refractivity contribution in [1.82, 2.24) is 0 Å². The molecule has 1 N–H and O–H groups in total. The van der Waals surface area contributed by atoms with Gasteiger partial charge in [0.05, 0.1) is 34.7 Å². The van der Waals surface area contributed by atoms with Gasteiger partial charge in [-0.15, -0.1) is 5.92 Å². The van der Waals surface area contributed by atoms with Crippen LogP contribution in [0.25, 0.3) is 0 Å². The number of carbonyl (C=O) groups excluding carboxylic acids is 2. The van der Waals surface area contributed by atoms with E-state index in [1.165, 1.54) is 11.8 Å². The Morgan fingerprint density at radius 3 is 2.70 bits per heavy atom. The largest absolute Gasteiger partial charge is 0.326 e. The molecule has 0 saturated heterocycles. The molecule has 1 aliphatic heterocycles. The number of anilines is 2. The molecule has 0 aromatic heterocycles. The normalized spacial score (nSPS) is 25.2. The first-order valence-corrected chi connectivity index (χ1v) is 10.7. The monoisotopic (exact) mass is 413 g/mol. The van der Waals surface area contributed by atoms with E-state index in [4.69, 9.17) is 0 Å². The first-order chi connectivity index (χ1) is 14.5. The lowest BCUT2D eigenvalue weighted by Gasteiger charge is -2.65. The Labute approximate surface area is 179 Å². The van der Waals surface area contributed by atoms with Crippen LogP contribution in [0.4, 0.5) is 11.4 Å². The van der Waals surface area contributed by atoms with Gasteiger partial charge >= 0.3 is 0 Å². The molecule has 0 atom stereocenters. The number of nitrogens with one attached hydrogen (secondary N) is 1. The highest BCUT2D eigenvalue weighted by Crippen LogP contribution is 2.73. The van der Waals surface area contributed by atoms with E-state index in [0.29, 0.717) is 37.1 Å². The maximum atomic E-state index is 13.2. The zero-order valence-electron chi connectivity index (χ0n) is 16.5. The van der Waals surface area contributed by atoms with Crippen LogP contribution in [-0.2, 0) is 4.79 Å². The summed E-state index contributed by atoms with van der Waals surface area (Å²) in [6.07, 6.45) is 1.98. The second kappa shape index (κ2) is 6.65. The Kier molecular flexibility index (Phi) is 4.17. The molecule has 6 heteroatoms. The molecule has 3 aliphatic carbocycles. The van der Waals surface area contributed by atoms with Gasteiger partial charge < -0.3 is 5.32 Å². The maximum Gasteiger partial charge on any atom is 0.260 e. The van der Waals surface area contributed by atoms with E-state index in [1.54, 1.807) is 11.8 Å². The minimum Gasteiger partial charge on any atom is -0.326 e. The highest BCUT2D eigenvalue weighted by Gasteiger charge is 2.72. The van der Waals surface area contributed by atoms with Crippen molar-refractivity contribution in [2.45, 2.75) is 36.0 Å². The fourth-order valence-corrected chi connectivity index (χ4v) is 5.85. The van der Waals surface area contributed by atoms with Crippen LogP contribution in [0, 0.1) is 34.0 Å². The first-order valence-electron chi connectivity index (χ1n) is 9.84. The van der Waals surface area contributed by atoms with Crippen molar-refractivity contribution in [2.75, 3.05) is 16.8 Å². The number of amides is 2. The molecule has 3 saturated carbocycles. The number of carbonyl (C=O) groups is 2. The fourth-order valence-electron chi connectivity index (χ4n) is 4.73. The third-order valence-electron chi connectivity index (χ3n) is 6.25. The smallest absolute Gasteiger partial charge is 0.260 e. The molecule has 2 amide bonds. The molecule has 5 nitrogen and oxygen atoms in total. The molecule has 4 aliphatic rings. The Hall–Kier alpha value is -3.22. The fraction of sp³-hybridized carbons (Fsp3) is 0.292. The molecule has 3 fully saturated rings. The summed E-state index contributed by atoms with van der Waals surface area (Å²) in [5.41, 5.74) is 1.51. The van der Waals surface area contributed by atoms with Crippen LogP contribution in [0.5, 0.6) is 0 Å². The molecule has 2 bridgehead atoms. The average Bonchev–Trinajstić information content (AvgIpc) is 2.79. The van der Waals surface area contributed by atoms with Crippen molar-refractivity contribution < 1.29 is 9.59 Å². The van der Waals surface area contributed by atoms with Gasteiger partial charge in [0, 0.05) is 15.5 Å². The molecular weight excluding hydrogens is 394 g/mol. The van der Waals surface area contributed by atoms with Crippen LogP contribution in [0.1, 0.15) is 36.5 Å². The summed E-state index contributed by atoms with van der Waals surface area (Å²) in [5, 5.41) is 12.2. The van der Waals surface area contributed by atoms with Crippen LogP contribution in [-0.4, -0.2) is 18.4 Å². The number of nitriles is 1. The average molecular weight is 414 g/mol. The minimum absolute atomic E-state index is 0.0108. The number of hydrogen-bond donors (Lipinski definition) is 1. The summed E-state index contributed by atoms with van der Waals surface area (Å²) in [6.45, 7) is 2.06. The summed E-state index contributed by atoms with van der Waals surface area (Å²) < 4.78 is 0. The molecule has 148 valence electrons. The molecule has 2 aromatic carbocycles. The van der Waals surface area contributed by atoms with E-state index in [0.717, 1.165) is 15.5 Å². The van der Waals surface area contributed by atoms with Crippen molar-refractivity contribution in [3.8, 4) is 17.9 Å². The third kappa shape index (κ3) is 2.72. The molecule has 2 aromatic rings. The summed E-state index contributed by atoms with van der Waals surface area (Å²) in [4.78, 5) is 29.4. The lowest BCUT2D eigenvalue weighted by atomic mass is 9.35. The summed E-state index contributed by atoms with van der Waals surface area (Å²) in [7, 11) is 0. The first kappa shape index (κ1) is 18.8. The highest BCUT2D eigenvalue weighted by molar-refractivity contribution is 7.99. The van der Waals surface area contributed by atoms with E-state index in [9.17, 15) is 14.9 Å². The molecule has 6 rings (SSSR count). The number of nitrogens with zero attached hydrogens (tertiary/aromatic N) is 2. The Balaban J connectivity index is 1.46. The topological polar surface area (TPSA) is 73.2 Å². The summed E-state index contributed by atoms with van der Waals surface area (Å²) in [6, 6.07) is 15.5. The molecule has 30 heavy (non-hydrogen) atoms. The Morgan fingerprint density at radius 1 is 1.20 bits per heavy atom. The van der Waals surface area contributed by atoms with Crippen LogP contribution in [0.15, 0.2) is 52.3 Å². The van der Waals surface area contributed by atoms with Gasteiger partial charge in [-0.2, -0.15) is 5.26 Å². The van der Waals surface area contributed by atoms with Gasteiger partial charge in [0.1, 0.15) is 0 Å². The lowest BCUT2D eigenvalue weighted by Crippen LogP contribution is -2.65. The highest BCUT2D eigenvalue weighted by atomic mass is 32.2. The maximum absolute atomic E-state index is 13.2. The van der Waals surface area contributed by atoms with Crippen molar-refractivity contribution >= 4 is 35.0 Å². The van der Waals surface area contributed by atoms with Crippen LogP contribution >= 0.6 is 11.8 Å². The number of benzene rings is 2. The van der Waals surface area contributed by atoms with Gasteiger partial charge in [-0.05, 0) is 56.5 Å². The van der Waals surface area contributed by atoms with Gasteiger partial charge in [0.2, 0.25) is 5.91 Å². The van der Waals surface area contributed by atoms with Crippen molar-refractivity contribution in [3.63, 3.8) is 0 Å². The van der Waals surface area contributed by atoms with Crippen molar-refractivity contribution in [3.05, 3.63) is 48.0 Å². The second-order valence-corrected chi connectivity index (χ2v) is 9.34. The van der Waals surface area contributed by atoms with Crippen molar-refractivity contribution in [1.29, 1.82) is 5.26 Å². The molecular formula is C24H19N3O2S. The van der Waals surface area contributed by atoms with E-state index < -0.39 is 0 Å². The summed E-state index contributed by atoms with van der Waals surface area (Å²) >= 11 is 1.52. The van der Waals surface area contributed by atoms with Gasteiger partial charge in [0.15, 0.2) is 0 Å². The zero-order chi connectivity index (χ0) is 20.9. The number of hydrogen-bond acceptors (Lipinski definition) is 4. The summed E-state index contributed by atoms with van der Waals surface area (Å²) in [5.74, 6) is 5.77. The minimum atomic E-state index is -0.374. The number of rotatable bonds is 3. The number of fused-ring (bicyclic) bond motifs is 2. The third-order valence-corrected chi connectivity index (χ3v) is 7.38. The predicted octanol–water partition coefficient (Wildman–Crippen LogP) is 4.45. The second-order valence-electron chi connectivity index (χ2n) is 8.26. The standard InChI is InChI=1S/C24H19N3O2S/c1-2-3-10-27-18-9-8-16(26-22(29)24-12-23(13-24,14-24)15-25)11-20(18)30-19-7-5-4-6-17(19)21(27)28/h4-9,11H,10,12-14H2,1H3,(H,26,29). The van der Waals surface area contributed by atoms with Crippen LogP contribution < -0.4 is 10.2 Å². The van der Waals surface area contributed by atoms with E-state index in [2.05, 4.69) is 23.2 Å². The Bertz CT molecular complexity index is 1180. The Morgan fingerprint density at radius 2 is 1.97 bits per heavy atom. The van der Waals surface area contributed by atoms with Crippen LogP contribution in [0.2, 0.25) is 0 Å². The van der Waals surface area contributed by atoms with E-state index in [1.807, 2.05) is 42.5 Å². The predicted molar refractivity (Wildman–Crippen MR) is 115 cm³/mol. The molecule has 1 heterocycles. The quantitative estimate of drug-likeness (QED) is 0.755. The molecule has 0 radical (unpaired) electrons. The van der Waals surface area contributed by atoms with E-state index in [-0.39, 0.29) is 22.6 Å². The van der Waals surface area contributed by atoms with Gasteiger partial charge in [-0.1, -0.05) is 29.8 Å².